The van der Waals surface area contributed by atoms with E-state index in [-0.39, 0.29) is 11.6 Å². The molecule has 3 aliphatic carbocycles. The predicted molar refractivity (Wildman–Crippen MR) is 127 cm³/mol. The van der Waals surface area contributed by atoms with Crippen molar-refractivity contribution in [1.29, 1.82) is 0 Å². The van der Waals surface area contributed by atoms with Gasteiger partial charge >= 0.3 is 0 Å². The molecule has 0 spiro atoms. The van der Waals surface area contributed by atoms with Gasteiger partial charge in [-0.3, -0.25) is 10.1 Å². The van der Waals surface area contributed by atoms with Gasteiger partial charge in [-0.25, -0.2) is 0 Å². The van der Waals surface area contributed by atoms with Crippen LogP contribution in [0, 0.1) is 29.6 Å². The zero-order chi connectivity index (χ0) is 21.3. The van der Waals surface area contributed by atoms with Crippen LogP contribution in [0.1, 0.15) is 103 Å². The molecule has 2 aliphatic heterocycles. The highest BCUT2D eigenvalue weighted by Gasteiger charge is 2.56. The Morgan fingerprint density at radius 3 is 2.32 bits per heavy atom. The van der Waals surface area contributed by atoms with Crippen molar-refractivity contribution in [3.05, 3.63) is 0 Å². The first-order valence-electron chi connectivity index (χ1n) is 14.0. The molecule has 31 heavy (non-hydrogen) atoms. The minimum atomic E-state index is 0.0365. The fraction of sp³-hybridized carbons (Fsp3) is 0.963. The summed E-state index contributed by atoms with van der Waals surface area (Å²) in [4.78, 5) is 13.6. The summed E-state index contributed by atoms with van der Waals surface area (Å²) in [6, 6.07) is 0.415. The van der Waals surface area contributed by atoms with Gasteiger partial charge in [-0.05, 0) is 74.7 Å². The molecule has 5 rings (SSSR count). The average molecular weight is 430 g/mol. The highest BCUT2D eigenvalue weighted by molar-refractivity contribution is 5.82. The van der Waals surface area contributed by atoms with Crippen LogP contribution in [-0.4, -0.2) is 36.6 Å². The van der Waals surface area contributed by atoms with E-state index in [0.29, 0.717) is 29.7 Å². The zero-order valence-corrected chi connectivity index (χ0v) is 20.0. The van der Waals surface area contributed by atoms with Crippen molar-refractivity contribution in [3.8, 4) is 0 Å². The smallest absolute Gasteiger partial charge is 0.237 e. The molecule has 4 heteroatoms. The van der Waals surface area contributed by atoms with E-state index in [1.165, 1.54) is 83.5 Å². The van der Waals surface area contributed by atoms with Crippen LogP contribution in [0.15, 0.2) is 0 Å². The molecule has 6 unspecified atom stereocenters. The van der Waals surface area contributed by atoms with Gasteiger partial charge in [-0.2, -0.15) is 0 Å². The summed E-state index contributed by atoms with van der Waals surface area (Å²) in [5.41, 5.74) is 0.234. The van der Waals surface area contributed by atoms with Gasteiger partial charge in [0.2, 0.25) is 5.91 Å². The topological polar surface area (TPSA) is 53.2 Å². The van der Waals surface area contributed by atoms with E-state index in [0.717, 1.165) is 37.8 Å². The molecule has 2 saturated heterocycles. The van der Waals surface area contributed by atoms with Gasteiger partial charge in [0, 0.05) is 18.1 Å². The van der Waals surface area contributed by atoms with E-state index in [1.807, 2.05) is 0 Å². The molecular weight excluding hydrogens is 382 g/mol. The Labute approximate surface area is 190 Å². The monoisotopic (exact) mass is 429 g/mol. The van der Waals surface area contributed by atoms with Crippen molar-refractivity contribution >= 4 is 5.91 Å². The van der Waals surface area contributed by atoms with Crippen molar-refractivity contribution < 1.29 is 4.79 Å². The molecule has 5 fully saturated rings. The molecule has 0 bridgehead atoms. The molecule has 4 nitrogen and oxygen atoms in total. The third kappa shape index (κ3) is 4.33. The normalized spacial score (nSPS) is 42.8. The van der Waals surface area contributed by atoms with Gasteiger partial charge in [0.25, 0.3) is 0 Å². The molecule has 6 atom stereocenters. The van der Waals surface area contributed by atoms with E-state index in [9.17, 15) is 4.79 Å². The Kier molecular flexibility index (Phi) is 6.95. The Bertz CT molecular complexity index is 612. The lowest BCUT2D eigenvalue weighted by Gasteiger charge is -2.51. The maximum Gasteiger partial charge on any atom is 0.237 e. The second kappa shape index (κ2) is 9.71. The highest BCUT2D eigenvalue weighted by Crippen LogP contribution is 2.52. The molecule has 3 N–H and O–H groups in total. The maximum absolute atomic E-state index is 13.6. The van der Waals surface area contributed by atoms with Gasteiger partial charge in [-0.1, -0.05) is 64.7 Å². The Morgan fingerprint density at radius 1 is 0.839 bits per heavy atom. The summed E-state index contributed by atoms with van der Waals surface area (Å²) in [7, 11) is 0. The molecule has 0 aromatic rings. The van der Waals surface area contributed by atoms with Crippen LogP contribution in [0.3, 0.4) is 0 Å². The zero-order valence-electron chi connectivity index (χ0n) is 20.0. The lowest BCUT2D eigenvalue weighted by atomic mass is 9.59. The number of nitrogens with one attached hydrogen (secondary N) is 3. The second-order valence-electron chi connectivity index (χ2n) is 11.9. The number of carbonyl (C=O) groups excluding carboxylic acids is 1. The van der Waals surface area contributed by atoms with Crippen LogP contribution in [0.2, 0.25) is 0 Å². The summed E-state index contributed by atoms with van der Waals surface area (Å²) in [5, 5.41) is 11.3. The molecule has 2 heterocycles. The SMILES string of the molecule is CC1CCCC2CC(C(=O)NC3CCNCC3C3CCCCC3)NC12C1CCCCC1. The predicted octanol–water partition coefficient (Wildman–Crippen LogP) is 4.78. The van der Waals surface area contributed by atoms with Crippen LogP contribution in [0.4, 0.5) is 0 Å². The average Bonchev–Trinajstić information content (AvgIpc) is 3.23. The van der Waals surface area contributed by atoms with Gasteiger partial charge in [0.15, 0.2) is 0 Å². The van der Waals surface area contributed by atoms with E-state index in [4.69, 9.17) is 0 Å². The van der Waals surface area contributed by atoms with Gasteiger partial charge < -0.3 is 10.6 Å². The number of rotatable bonds is 4. The summed E-state index contributed by atoms with van der Waals surface area (Å²) in [6.45, 7) is 4.64. The summed E-state index contributed by atoms with van der Waals surface area (Å²) >= 11 is 0. The van der Waals surface area contributed by atoms with Crippen LogP contribution >= 0.6 is 0 Å². The summed E-state index contributed by atoms with van der Waals surface area (Å²) in [5.74, 6) is 3.96. The number of piperidine rings is 1. The Hall–Kier alpha value is -0.610. The van der Waals surface area contributed by atoms with E-state index in [2.05, 4.69) is 22.9 Å². The lowest BCUT2D eigenvalue weighted by Crippen LogP contribution is -2.61. The minimum absolute atomic E-state index is 0.0365. The van der Waals surface area contributed by atoms with E-state index >= 15 is 0 Å². The third-order valence-electron chi connectivity index (χ3n) is 10.3. The molecule has 5 aliphatic rings. The molecule has 0 aromatic heterocycles. The molecular formula is C27H47N3O. The molecule has 176 valence electrons. The van der Waals surface area contributed by atoms with E-state index in [1.54, 1.807) is 0 Å². The molecule has 0 aromatic carbocycles. The van der Waals surface area contributed by atoms with Crippen molar-refractivity contribution in [1.82, 2.24) is 16.0 Å². The van der Waals surface area contributed by atoms with Gasteiger partial charge in [-0.15, -0.1) is 0 Å². The lowest BCUT2D eigenvalue weighted by molar-refractivity contribution is -0.124. The fourth-order valence-corrected chi connectivity index (χ4v) is 8.78. The number of hydrogen-bond donors (Lipinski definition) is 3. The Morgan fingerprint density at radius 2 is 1.55 bits per heavy atom. The largest absolute Gasteiger partial charge is 0.352 e. The van der Waals surface area contributed by atoms with Crippen LogP contribution in [0.25, 0.3) is 0 Å². The quantitative estimate of drug-likeness (QED) is 0.603. The maximum atomic E-state index is 13.6. The minimum Gasteiger partial charge on any atom is -0.352 e. The van der Waals surface area contributed by atoms with Crippen molar-refractivity contribution in [2.24, 2.45) is 29.6 Å². The first-order chi connectivity index (χ1) is 15.2. The first-order valence-corrected chi connectivity index (χ1v) is 14.0. The van der Waals surface area contributed by atoms with Crippen LogP contribution < -0.4 is 16.0 Å². The molecule has 1 amide bonds. The van der Waals surface area contributed by atoms with Gasteiger partial charge in [0.1, 0.15) is 0 Å². The van der Waals surface area contributed by atoms with E-state index < -0.39 is 0 Å². The first kappa shape index (κ1) is 22.2. The van der Waals surface area contributed by atoms with Crippen molar-refractivity contribution in [2.75, 3.05) is 13.1 Å². The highest BCUT2D eigenvalue weighted by atomic mass is 16.2. The number of fused-ring (bicyclic) bond motifs is 1. The Balaban J connectivity index is 1.28. The standard InChI is InChI=1S/C27H47N3O/c1-19-9-8-14-22-17-25(30-27(19,22)21-12-6-3-7-13-21)26(31)29-24-15-16-28-18-23(24)20-10-4-2-5-11-20/h19-25,28,30H,2-18H2,1H3,(H,29,31). The van der Waals surface area contributed by atoms with Crippen LogP contribution in [0.5, 0.6) is 0 Å². The second-order valence-corrected chi connectivity index (χ2v) is 11.9. The summed E-state index contributed by atoms with van der Waals surface area (Å²) in [6.07, 6.45) is 20.1. The van der Waals surface area contributed by atoms with Crippen molar-refractivity contribution in [2.45, 2.75) is 121 Å². The van der Waals surface area contributed by atoms with Gasteiger partial charge in [0.05, 0.1) is 6.04 Å². The fourth-order valence-electron chi connectivity index (χ4n) is 8.78. The summed E-state index contributed by atoms with van der Waals surface area (Å²) < 4.78 is 0. The third-order valence-corrected chi connectivity index (χ3v) is 10.3. The molecule has 0 radical (unpaired) electrons. The van der Waals surface area contributed by atoms with Crippen molar-refractivity contribution in [3.63, 3.8) is 0 Å². The molecule has 3 saturated carbocycles. The number of carbonyl (C=O) groups is 1. The van der Waals surface area contributed by atoms with Crippen LogP contribution in [-0.2, 0) is 4.79 Å². The number of amides is 1. The number of hydrogen-bond acceptors (Lipinski definition) is 3.